The van der Waals surface area contributed by atoms with E-state index < -0.39 is 0 Å². The minimum atomic E-state index is -0.281. The molecule has 1 heterocycles. The molecule has 1 amide bonds. The van der Waals surface area contributed by atoms with E-state index in [0.29, 0.717) is 12.1 Å². The predicted octanol–water partition coefficient (Wildman–Crippen LogP) is 2.59. The van der Waals surface area contributed by atoms with E-state index in [-0.39, 0.29) is 11.7 Å². The number of nitrogens with one attached hydrogen (secondary N) is 1. The van der Waals surface area contributed by atoms with Crippen LogP contribution < -0.4 is 5.32 Å². The van der Waals surface area contributed by atoms with E-state index >= 15 is 0 Å². The predicted molar refractivity (Wildman–Crippen MR) is 74.9 cm³/mol. The Balaban J connectivity index is 2.09. The molecule has 1 aromatic carbocycles. The third kappa shape index (κ3) is 2.87. The molecule has 106 valence electrons. The molecule has 2 aromatic rings. The van der Waals surface area contributed by atoms with Crippen molar-refractivity contribution in [2.75, 3.05) is 0 Å². The average Bonchev–Trinajstić information content (AvgIpc) is 2.72. The minimum absolute atomic E-state index is 0.149. The molecule has 0 spiro atoms. The quantitative estimate of drug-likeness (QED) is 0.932. The molecule has 0 aliphatic rings. The van der Waals surface area contributed by atoms with Crippen LogP contribution in [0.1, 0.15) is 34.2 Å². The first kappa shape index (κ1) is 14.2. The molecular formula is C15H18FN3O. The van der Waals surface area contributed by atoms with Crippen molar-refractivity contribution in [1.29, 1.82) is 0 Å². The molecule has 0 radical (unpaired) electrons. The third-order valence-electron chi connectivity index (χ3n) is 3.27. The van der Waals surface area contributed by atoms with Crippen LogP contribution in [0.15, 0.2) is 24.3 Å². The number of rotatable bonds is 4. The number of hydrogen-bond acceptors (Lipinski definition) is 2. The van der Waals surface area contributed by atoms with Gasteiger partial charge in [-0.25, -0.2) is 4.39 Å². The van der Waals surface area contributed by atoms with Crippen molar-refractivity contribution in [3.8, 4) is 0 Å². The lowest BCUT2D eigenvalue weighted by molar-refractivity contribution is 0.0949. The van der Waals surface area contributed by atoms with Crippen LogP contribution in [-0.2, 0) is 13.1 Å². The van der Waals surface area contributed by atoms with Crippen LogP contribution in [0, 0.1) is 19.7 Å². The molecule has 4 nitrogen and oxygen atoms in total. The van der Waals surface area contributed by atoms with Crippen molar-refractivity contribution in [1.82, 2.24) is 15.1 Å². The molecule has 2 rings (SSSR count). The maximum absolute atomic E-state index is 12.8. The largest absolute Gasteiger partial charge is 0.348 e. The smallest absolute Gasteiger partial charge is 0.255 e. The fourth-order valence-corrected chi connectivity index (χ4v) is 2.21. The summed E-state index contributed by atoms with van der Waals surface area (Å²) in [5.74, 6) is -0.431. The van der Waals surface area contributed by atoms with E-state index in [0.717, 1.165) is 23.5 Å². The summed E-state index contributed by atoms with van der Waals surface area (Å²) in [6.07, 6.45) is 0. The van der Waals surface area contributed by atoms with Crippen LogP contribution >= 0.6 is 0 Å². The van der Waals surface area contributed by atoms with Gasteiger partial charge in [-0.1, -0.05) is 12.1 Å². The van der Waals surface area contributed by atoms with E-state index in [9.17, 15) is 9.18 Å². The molecule has 0 atom stereocenters. The molecule has 5 heteroatoms. The molecule has 0 fully saturated rings. The zero-order valence-corrected chi connectivity index (χ0v) is 11.9. The molecule has 1 aromatic heterocycles. The van der Waals surface area contributed by atoms with Crippen LogP contribution in [0.3, 0.4) is 0 Å². The lowest BCUT2D eigenvalue weighted by atomic mass is 10.1. The van der Waals surface area contributed by atoms with Gasteiger partial charge in [-0.3, -0.25) is 9.48 Å². The molecule has 20 heavy (non-hydrogen) atoms. The van der Waals surface area contributed by atoms with E-state index in [4.69, 9.17) is 0 Å². The Morgan fingerprint density at radius 2 is 1.95 bits per heavy atom. The van der Waals surface area contributed by atoms with E-state index in [1.54, 1.807) is 12.1 Å². The van der Waals surface area contributed by atoms with Crippen molar-refractivity contribution in [2.45, 2.75) is 33.9 Å². The van der Waals surface area contributed by atoms with Gasteiger partial charge in [0.25, 0.3) is 5.91 Å². The van der Waals surface area contributed by atoms with Crippen molar-refractivity contribution in [3.63, 3.8) is 0 Å². The second kappa shape index (κ2) is 5.86. The van der Waals surface area contributed by atoms with Gasteiger partial charge in [0.15, 0.2) is 0 Å². The summed E-state index contributed by atoms with van der Waals surface area (Å²) in [6.45, 7) is 6.80. The van der Waals surface area contributed by atoms with Gasteiger partial charge in [0.05, 0.1) is 11.3 Å². The highest BCUT2D eigenvalue weighted by Gasteiger charge is 2.17. The Morgan fingerprint density at radius 1 is 1.30 bits per heavy atom. The highest BCUT2D eigenvalue weighted by molar-refractivity contribution is 5.96. The van der Waals surface area contributed by atoms with Crippen LogP contribution in [0.25, 0.3) is 0 Å². The molecule has 0 aliphatic heterocycles. The first-order valence-electron chi connectivity index (χ1n) is 6.59. The monoisotopic (exact) mass is 275 g/mol. The van der Waals surface area contributed by atoms with Crippen LogP contribution in [0.5, 0.6) is 0 Å². The number of carbonyl (C=O) groups is 1. The van der Waals surface area contributed by atoms with Crippen molar-refractivity contribution < 1.29 is 9.18 Å². The second-order valence-corrected chi connectivity index (χ2v) is 4.67. The summed E-state index contributed by atoms with van der Waals surface area (Å²) in [5.41, 5.74) is 3.06. The number of nitrogens with zero attached hydrogens (tertiary/aromatic N) is 2. The zero-order chi connectivity index (χ0) is 14.7. The van der Waals surface area contributed by atoms with E-state index in [1.165, 1.54) is 12.1 Å². The average molecular weight is 275 g/mol. The van der Waals surface area contributed by atoms with Gasteiger partial charge in [0.1, 0.15) is 5.82 Å². The van der Waals surface area contributed by atoms with Crippen LogP contribution in [0.4, 0.5) is 4.39 Å². The van der Waals surface area contributed by atoms with E-state index in [1.807, 2.05) is 25.5 Å². The Labute approximate surface area is 117 Å². The van der Waals surface area contributed by atoms with Gasteiger partial charge < -0.3 is 5.32 Å². The summed E-state index contributed by atoms with van der Waals surface area (Å²) in [7, 11) is 0. The molecule has 0 saturated carbocycles. The first-order valence-corrected chi connectivity index (χ1v) is 6.59. The van der Waals surface area contributed by atoms with Gasteiger partial charge in [0, 0.05) is 18.8 Å². The Bertz CT molecular complexity index is 617. The van der Waals surface area contributed by atoms with Gasteiger partial charge in [-0.05, 0) is 38.5 Å². The van der Waals surface area contributed by atoms with Crippen molar-refractivity contribution in [2.24, 2.45) is 0 Å². The summed E-state index contributed by atoms with van der Waals surface area (Å²) in [4.78, 5) is 12.2. The summed E-state index contributed by atoms with van der Waals surface area (Å²) in [5, 5.41) is 7.16. The standard InChI is InChI=1S/C15H18FN3O/c1-4-19-11(3)14(10(2)18-19)15(20)17-9-12-5-7-13(16)8-6-12/h5-8H,4,9H2,1-3H3,(H,17,20). The lowest BCUT2D eigenvalue weighted by Gasteiger charge is -2.06. The fourth-order valence-electron chi connectivity index (χ4n) is 2.21. The minimum Gasteiger partial charge on any atom is -0.348 e. The Kier molecular flexibility index (Phi) is 4.17. The van der Waals surface area contributed by atoms with Crippen molar-refractivity contribution in [3.05, 3.63) is 52.6 Å². The van der Waals surface area contributed by atoms with Gasteiger partial charge in [-0.15, -0.1) is 0 Å². The third-order valence-corrected chi connectivity index (χ3v) is 3.27. The fraction of sp³-hybridized carbons (Fsp3) is 0.333. The van der Waals surface area contributed by atoms with E-state index in [2.05, 4.69) is 10.4 Å². The lowest BCUT2D eigenvalue weighted by Crippen LogP contribution is -2.24. The summed E-state index contributed by atoms with van der Waals surface area (Å²) >= 11 is 0. The molecule has 0 unspecified atom stereocenters. The number of benzene rings is 1. The zero-order valence-electron chi connectivity index (χ0n) is 11.9. The normalized spacial score (nSPS) is 10.6. The second-order valence-electron chi connectivity index (χ2n) is 4.67. The Morgan fingerprint density at radius 3 is 2.50 bits per heavy atom. The topological polar surface area (TPSA) is 46.9 Å². The highest BCUT2D eigenvalue weighted by Crippen LogP contribution is 2.13. The molecule has 0 saturated heterocycles. The van der Waals surface area contributed by atoms with Gasteiger partial charge in [0.2, 0.25) is 0 Å². The number of aromatic nitrogens is 2. The number of hydrogen-bond donors (Lipinski definition) is 1. The molecule has 0 bridgehead atoms. The number of aryl methyl sites for hydroxylation is 2. The number of halogens is 1. The SMILES string of the molecule is CCn1nc(C)c(C(=O)NCc2ccc(F)cc2)c1C. The summed E-state index contributed by atoms with van der Waals surface area (Å²) in [6, 6.07) is 6.08. The molecular weight excluding hydrogens is 257 g/mol. The van der Waals surface area contributed by atoms with Gasteiger partial charge >= 0.3 is 0 Å². The molecule has 1 N–H and O–H groups in total. The van der Waals surface area contributed by atoms with Crippen LogP contribution in [-0.4, -0.2) is 15.7 Å². The van der Waals surface area contributed by atoms with Crippen molar-refractivity contribution >= 4 is 5.91 Å². The number of carbonyl (C=O) groups excluding carboxylic acids is 1. The maximum atomic E-state index is 12.8. The summed E-state index contributed by atoms with van der Waals surface area (Å²) < 4.78 is 14.6. The Hall–Kier alpha value is -2.17. The van der Waals surface area contributed by atoms with Crippen LogP contribution in [0.2, 0.25) is 0 Å². The van der Waals surface area contributed by atoms with Gasteiger partial charge in [-0.2, -0.15) is 5.10 Å². The molecule has 0 aliphatic carbocycles. The maximum Gasteiger partial charge on any atom is 0.255 e. The first-order chi connectivity index (χ1) is 9.52. The highest BCUT2D eigenvalue weighted by atomic mass is 19.1. The number of amides is 1.